The molecule has 290 valence electrons. The van der Waals surface area contributed by atoms with Gasteiger partial charge in [0.15, 0.2) is 11.0 Å². The van der Waals surface area contributed by atoms with Gasteiger partial charge >= 0.3 is 6.09 Å². The Morgan fingerprint density at radius 2 is 1.73 bits per heavy atom. The Hall–Kier alpha value is -5.14. The van der Waals surface area contributed by atoms with E-state index in [1.165, 1.54) is 63.8 Å². The summed E-state index contributed by atoms with van der Waals surface area (Å²) in [4.78, 5) is 43.7. The van der Waals surface area contributed by atoms with Crippen LogP contribution in [0.15, 0.2) is 52.0 Å². The topological polar surface area (TPSA) is 145 Å². The smallest absolute Gasteiger partial charge is 0.407 e. The van der Waals surface area contributed by atoms with Crippen LogP contribution in [-0.4, -0.2) is 86.6 Å². The van der Waals surface area contributed by atoms with Gasteiger partial charge in [-0.2, -0.15) is 4.40 Å². The third-order valence-electron chi connectivity index (χ3n) is 12.7. The maximum atomic E-state index is 13.5. The first-order chi connectivity index (χ1) is 27.0. The normalized spacial score (nSPS) is 22.7. The predicted molar refractivity (Wildman–Crippen MR) is 219 cm³/mol. The van der Waals surface area contributed by atoms with Crippen LogP contribution in [-0.2, 0) is 20.5 Å². The lowest BCUT2D eigenvalue weighted by Gasteiger charge is -2.32. The quantitative estimate of drug-likeness (QED) is 0.140. The number of rotatable bonds is 9. The van der Waals surface area contributed by atoms with E-state index in [9.17, 15) is 13.8 Å². The molecule has 3 aliphatic carbocycles. The van der Waals surface area contributed by atoms with Crippen LogP contribution in [0.3, 0.4) is 0 Å². The van der Waals surface area contributed by atoms with Crippen molar-refractivity contribution < 1.29 is 18.5 Å². The van der Waals surface area contributed by atoms with Crippen LogP contribution < -0.4 is 10.6 Å². The maximum absolute atomic E-state index is 13.5. The van der Waals surface area contributed by atoms with Gasteiger partial charge in [0.1, 0.15) is 17.7 Å². The molecule has 2 fully saturated rings. The molecular weight excluding hydrogens is 725 g/mol. The van der Waals surface area contributed by atoms with Crippen molar-refractivity contribution in [1.29, 1.82) is 0 Å². The van der Waals surface area contributed by atoms with Crippen molar-refractivity contribution in [3.05, 3.63) is 70.8 Å². The molecule has 1 saturated carbocycles. The van der Waals surface area contributed by atoms with Crippen LogP contribution in [0, 0.1) is 5.92 Å². The fraction of sp³-hybridized carbons (Fsp3) is 0.419. The van der Waals surface area contributed by atoms with E-state index in [2.05, 4.69) is 62.4 Å². The molecule has 9 rings (SSSR count). The van der Waals surface area contributed by atoms with Crippen molar-refractivity contribution in [3.63, 3.8) is 0 Å². The number of carbonyl (C=O) groups is 2. The summed E-state index contributed by atoms with van der Waals surface area (Å²) in [5, 5.41) is 6.04. The minimum Gasteiger partial charge on any atom is -0.453 e. The number of fused-ring (bicyclic) bond motifs is 7. The fourth-order valence-electron chi connectivity index (χ4n) is 9.48. The van der Waals surface area contributed by atoms with Gasteiger partial charge in [0, 0.05) is 29.9 Å². The number of H-pyrrole nitrogens is 1. The summed E-state index contributed by atoms with van der Waals surface area (Å²) in [6, 6.07) is 9.39. The van der Waals surface area contributed by atoms with E-state index in [-0.39, 0.29) is 11.8 Å². The highest BCUT2D eigenvalue weighted by atomic mass is 32.2. The summed E-state index contributed by atoms with van der Waals surface area (Å²) in [5.41, 5.74) is 12.5. The number of alkyl carbamates (subject to hydrolysis) is 1. The number of likely N-dealkylation sites (N-methyl/N-ethyl adjacent to an activating group) is 1. The van der Waals surface area contributed by atoms with E-state index in [1.807, 2.05) is 45.2 Å². The number of anilines is 1. The Labute approximate surface area is 329 Å². The zero-order valence-electron chi connectivity index (χ0n) is 32.7. The average molecular weight is 773 g/mol. The highest BCUT2D eigenvalue weighted by molar-refractivity contribution is 7.84. The average Bonchev–Trinajstić information content (AvgIpc) is 4.01. The van der Waals surface area contributed by atoms with E-state index in [1.54, 1.807) is 7.05 Å². The number of benzene rings is 2. The molecule has 6 atom stereocenters. The molecule has 4 heterocycles. The number of carbonyl (C=O) groups excluding carboxylic acids is 2. The number of nitrogens with one attached hydrogen (secondary N) is 3. The van der Waals surface area contributed by atoms with Gasteiger partial charge in [0.05, 0.1) is 47.4 Å². The SMILES string of the molecule is COC(=O)NC(C(=O)N(C)C(C)C1=NS(=O)c2ccc(-c3ncc(-c4ccc(-c5cnc(C6CCCN6C)[nH]5)c5c4C=C5)c4c3C3CCC4C3)cc2N1)C(C)C. The summed E-state index contributed by atoms with van der Waals surface area (Å²) in [5.74, 6) is 1.90. The number of aromatic amines is 1. The van der Waals surface area contributed by atoms with Crippen LogP contribution in [0.1, 0.15) is 98.8 Å². The second-order valence-corrected chi connectivity index (χ2v) is 17.4. The van der Waals surface area contributed by atoms with E-state index in [4.69, 9.17) is 14.7 Å². The molecule has 12 nitrogen and oxygen atoms in total. The summed E-state index contributed by atoms with van der Waals surface area (Å²) in [6.07, 6.45) is 13.6. The molecule has 56 heavy (non-hydrogen) atoms. The van der Waals surface area contributed by atoms with Gasteiger partial charge in [0.25, 0.3) is 0 Å². The van der Waals surface area contributed by atoms with Crippen LogP contribution >= 0.6 is 0 Å². The van der Waals surface area contributed by atoms with Crippen LogP contribution in [0.4, 0.5) is 10.5 Å². The number of hydrogen-bond donors (Lipinski definition) is 3. The van der Waals surface area contributed by atoms with Crippen molar-refractivity contribution in [2.24, 2.45) is 10.3 Å². The lowest BCUT2D eigenvalue weighted by molar-refractivity contribution is -0.133. The van der Waals surface area contributed by atoms with E-state index >= 15 is 0 Å². The van der Waals surface area contributed by atoms with Gasteiger partial charge in [-0.3, -0.25) is 14.7 Å². The van der Waals surface area contributed by atoms with Gasteiger partial charge in [-0.05, 0) is 110 Å². The molecule has 4 aromatic rings. The number of nitrogens with zero attached hydrogens (tertiary/aromatic N) is 5. The number of amides is 2. The highest BCUT2D eigenvalue weighted by Gasteiger charge is 2.42. The summed E-state index contributed by atoms with van der Waals surface area (Å²) < 4.78 is 22.7. The Bertz CT molecular complexity index is 2370. The maximum Gasteiger partial charge on any atom is 0.407 e. The number of methoxy groups -OCH3 is 1. The fourth-order valence-corrected chi connectivity index (χ4v) is 10.4. The third-order valence-corrected chi connectivity index (χ3v) is 13.8. The largest absolute Gasteiger partial charge is 0.453 e. The number of pyridine rings is 1. The standard InChI is InChI=1S/C43H48N8O4S/c1-22(2)38(48-43(53)55-6)42(52)51(5)23(3)40-46-32-19-26(11-16-35(32)56(54)49-40)39-37-25-10-9-24(18-25)36(37)31(20-44-39)29-14-15-30(28-13-12-27(28)29)33-21-45-41(47-33)34-8-7-17-50(34)4/h11-16,19-25,34,38H,7-10,17-18H2,1-6H3,(H,45,47)(H,46,49)(H,48,53). The van der Waals surface area contributed by atoms with Gasteiger partial charge in [0.2, 0.25) is 5.91 Å². The second kappa shape index (κ2) is 14.1. The summed E-state index contributed by atoms with van der Waals surface area (Å²) in [6.45, 7) is 6.64. The lowest BCUT2D eigenvalue weighted by Crippen LogP contribution is -2.54. The molecule has 2 aromatic carbocycles. The Morgan fingerprint density at radius 1 is 0.982 bits per heavy atom. The highest BCUT2D eigenvalue weighted by Crippen LogP contribution is 2.58. The number of aromatic nitrogens is 3. The minimum absolute atomic E-state index is 0.183. The Kier molecular flexibility index (Phi) is 9.19. The number of imidazole rings is 1. The first kappa shape index (κ1) is 36.5. The van der Waals surface area contributed by atoms with Crippen LogP contribution in [0.5, 0.6) is 0 Å². The molecule has 2 bridgehead atoms. The zero-order chi connectivity index (χ0) is 39.0. The number of likely N-dealkylation sites (tertiary alicyclic amines) is 1. The van der Waals surface area contributed by atoms with Crippen molar-refractivity contribution in [3.8, 4) is 33.6 Å². The van der Waals surface area contributed by atoms with Crippen molar-refractivity contribution >= 4 is 46.7 Å². The molecule has 0 spiro atoms. The molecule has 5 aliphatic rings. The monoisotopic (exact) mass is 772 g/mol. The van der Waals surface area contributed by atoms with Crippen molar-refractivity contribution in [1.82, 2.24) is 30.1 Å². The van der Waals surface area contributed by atoms with Crippen molar-refractivity contribution in [2.45, 2.75) is 87.7 Å². The van der Waals surface area contributed by atoms with E-state index in [0.29, 0.717) is 34.3 Å². The van der Waals surface area contributed by atoms with Crippen molar-refractivity contribution in [2.75, 3.05) is 33.1 Å². The van der Waals surface area contributed by atoms with Gasteiger partial charge in [-0.25, -0.2) is 14.0 Å². The van der Waals surface area contributed by atoms with Gasteiger partial charge in [-0.15, -0.1) is 0 Å². The number of ether oxygens (including phenoxy) is 1. The first-order valence-electron chi connectivity index (χ1n) is 19.7. The molecule has 6 unspecified atom stereocenters. The molecule has 2 aliphatic heterocycles. The first-order valence-corrected chi connectivity index (χ1v) is 20.8. The van der Waals surface area contributed by atoms with Gasteiger partial charge < -0.3 is 25.3 Å². The number of hydrogen-bond acceptors (Lipinski definition) is 8. The van der Waals surface area contributed by atoms with Crippen LogP contribution in [0.25, 0.3) is 45.8 Å². The Balaban J connectivity index is 1.01. The minimum atomic E-state index is -1.67. The molecule has 1 saturated heterocycles. The molecule has 3 N–H and O–H groups in total. The molecular formula is C43H48N8O4S. The molecule has 2 amide bonds. The predicted octanol–water partition coefficient (Wildman–Crippen LogP) is 7.50. The zero-order valence-corrected chi connectivity index (χ0v) is 33.5. The third kappa shape index (κ3) is 5.98. The molecule has 2 aromatic heterocycles. The number of amidine groups is 1. The molecule has 0 radical (unpaired) electrons. The van der Waals surface area contributed by atoms with Gasteiger partial charge in [-0.1, -0.05) is 44.2 Å². The van der Waals surface area contributed by atoms with E-state index < -0.39 is 29.2 Å². The van der Waals surface area contributed by atoms with Crippen LogP contribution in [0.2, 0.25) is 0 Å². The summed E-state index contributed by atoms with van der Waals surface area (Å²) >= 11 is 0. The summed E-state index contributed by atoms with van der Waals surface area (Å²) in [7, 11) is 3.42. The second-order valence-electron chi connectivity index (χ2n) is 16.2. The lowest BCUT2D eigenvalue weighted by atomic mass is 9.80. The Morgan fingerprint density at radius 3 is 2.45 bits per heavy atom. The molecule has 13 heteroatoms. The van der Waals surface area contributed by atoms with E-state index in [0.717, 1.165) is 48.6 Å².